The molecule has 0 radical (unpaired) electrons. The van der Waals surface area contributed by atoms with Crippen molar-refractivity contribution < 1.29 is 18.7 Å². The number of aryl methyl sites for hydroxylation is 1. The molecule has 1 saturated heterocycles. The van der Waals surface area contributed by atoms with E-state index in [0.717, 1.165) is 36.2 Å². The summed E-state index contributed by atoms with van der Waals surface area (Å²) in [5.74, 6) is 0.645. The molecule has 1 aromatic carbocycles. The molecule has 2 atom stereocenters. The van der Waals surface area contributed by atoms with Gasteiger partial charge in [0.15, 0.2) is 5.82 Å². The van der Waals surface area contributed by atoms with Gasteiger partial charge in [-0.15, -0.1) is 10.2 Å². The lowest BCUT2D eigenvalue weighted by Crippen LogP contribution is -2.40. The highest BCUT2D eigenvalue weighted by Crippen LogP contribution is 2.30. The summed E-state index contributed by atoms with van der Waals surface area (Å²) in [7, 11) is 0. The minimum Gasteiger partial charge on any atom is -0.381 e. The highest BCUT2D eigenvalue weighted by Gasteiger charge is 2.31. The zero-order valence-electron chi connectivity index (χ0n) is 20.0. The first-order chi connectivity index (χ1) is 17.5. The van der Waals surface area contributed by atoms with Crippen LogP contribution in [0.15, 0.2) is 30.3 Å². The van der Waals surface area contributed by atoms with E-state index in [2.05, 4.69) is 32.0 Å². The Morgan fingerprint density at radius 1 is 1.14 bits per heavy atom. The summed E-state index contributed by atoms with van der Waals surface area (Å²) in [6, 6.07) is 8.50. The zero-order valence-corrected chi connectivity index (χ0v) is 20.0. The lowest BCUT2D eigenvalue weighted by atomic mass is 9.95. The maximum Gasteiger partial charge on any atom is 0.259 e. The van der Waals surface area contributed by atoms with Gasteiger partial charge < -0.3 is 19.5 Å². The molecule has 10 heteroatoms. The number of rotatable bonds is 4. The normalized spacial score (nSPS) is 20.8. The Balaban J connectivity index is 1.21. The predicted octanol–water partition coefficient (Wildman–Crippen LogP) is 3.16. The summed E-state index contributed by atoms with van der Waals surface area (Å²) < 4.78 is 22.4. The molecule has 1 fully saturated rings. The first-order valence-corrected chi connectivity index (χ1v) is 12.4. The molecule has 0 unspecified atom stereocenters. The van der Waals surface area contributed by atoms with Crippen molar-refractivity contribution in [3.63, 3.8) is 0 Å². The number of carbonyl (C=O) groups is 2. The number of fused-ring (bicyclic) bond motifs is 2. The molecule has 1 N–H and O–H groups in total. The Morgan fingerprint density at radius 2 is 2.03 bits per heavy atom. The molecule has 186 valence electrons. The van der Waals surface area contributed by atoms with E-state index in [1.807, 2.05) is 6.07 Å². The topological polar surface area (TPSA) is 102 Å². The molecule has 0 saturated carbocycles. The average molecular weight is 491 g/mol. The molecule has 6 rings (SSSR count). The Bertz CT molecular complexity index is 1350. The van der Waals surface area contributed by atoms with Crippen molar-refractivity contribution in [1.82, 2.24) is 24.6 Å². The van der Waals surface area contributed by atoms with Crippen LogP contribution in [0.25, 0.3) is 11.5 Å². The fraction of sp³-hybridized carbons (Fsp3) is 0.423. The van der Waals surface area contributed by atoms with Gasteiger partial charge in [0.2, 0.25) is 5.91 Å². The van der Waals surface area contributed by atoms with Gasteiger partial charge in [0.25, 0.3) is 5.91 Å². The standard InChI is InChI=1S/C26H27FN6O3/c1-15-5-6-23-30-31-24(33(15)23)21-3-2-4-22(28-21)29-25(34)19-11-18-13-32(9-7-16(18)12-20(19)27)26(35)17-8-10-36-14-17/h2-4,11-12,15,17H,5-10,13-14H2,1H3,(H,28,29,34)/t15-,17+/m0/s1. The second kappa shape index (κ2) is 9.09. The van der Waals surface area contributed by atoms with E-state index in [4.69, 9.17) is 4.74 Å². The van der Waals surface area contributed by atoms with Crippen molar-refractivity contribution in [1.29, 1.82) is 0 Å². The van der Waals surface area contributed by atoms with Crippen molar-refractivity contribution in [2.24, 2.45) is 5.92 Å². The van der Waals surface area contributed by atoms with Crippen molar-refractivity contribution in [2.45, 2.75) is 45.2 Å². The fourth-order valence-electron chi connectivity index (χ4n) is 5.34. The van der Waals surface area contributed by atoms with E-state index in [9.17, 15) is 14.0 Å². The van der Waals surface area contributed by atoms with Gasteiger partial charge in [0.05, 0.1) is 18.1 Å². The number of pyridine rings is 1. The van der Waals surface area contributed by atoms with Crippen LogP contribution in [0.2, 0.25) is 0 Å². The molecule has 0 spiro atoms. The molecule has 0 bridgehead atoms. The number of amides is 2. The maximum absolute atomic E-state index is 14.9. The first-order valence-electron chi connectivity index (χ1n) is 12.4. The number of aromatic nitrogens is 4. The molecule has 3 aliphatic rings. The Morgan fingerprint density at radius 3 is 2.86 bits per heavy atom. The third kappa shape index (κ3) is 4.05. The van der Waals surface area contributed by atoms with Crippen LogP contribution in [-0.4, -0.2) is 56.2 Å². The van der Waals surface area contributed by atoms with Gasteiger partial charge in [0.1, 0.15) is 23.2 Å². The van der Waals surface area contributed by atoms with Crippen LogP contribution in [0.1, 0.15) is 53.1 Å². The summed E-state index contributed by atoms with van der Waals surface area (Å²) >= 11 is 0. The number of hydrogen-bond donors (Lipinski definition) is 1. The van der Waals surface area contributed by atoms with Crippen molar-refractivity contribution in [3.8, 4) is 11.5 Å². The smallest absolute Gasteiger partial charge is 0.259 e. The molecule has 3 aromatic rings. The number of nitrogens with one attached hydrogen (secondary N) is 1. The number of halogens is 1. The molecule has 2 aromatic heterocycles. The maximum atomic E-state index is 14.9. The third-order valence-corrected chi connectivity index (χ3v) is 7.35. The third-order valence-electron chi connectivity index (χ3n) is 7.35. The molecular formula is C26H27FN6O3. The Kier molecular flexibility index (Phi) is 5.75. The number of anilines is 1. The lowest BCUT2D eigenvalue weighted by molar-refractivity contribution is -0.136. The molecule has 9 nitrogen and oxygen atoms in total. The summed E-state index contributed by atoms with van der Waals surface area (Å²) in [6.07, 6.45) is 3.16. The van der Waals surface area contributed by atoms with Crippen LogP contribution < -0.4 is 5.32 Å². The second-order valence-corrected chi connectivity index (χ2v) is 9.73. The minimum atomic E-state index is -0.590. The van der Waals surface area contributed by atoms with Crippen LogP contribution in [0.4, 0.5) is 10.2 Å². The van der Waals surface area contributed by atoms with Crippen molar-refractivity contribution in [3.05, 3.63) is 58.7 Å². The lowest BCUT2D eigenvalue weighted by Gasteiger charge is -2.31. The number of hydrogen-bond acceptors (Lipinski definition) is 6. The summed E-state index contributed by atoms with van der Waals surface area (Å²) in [4.78, 5) is 32.2. The molecular weight excluding hydrogens is 463 g/mol. The Hall–Kier alpha value is -3.66. The van der Waals surface area contributed by atoms with E-state index < -0.39 is 11.7 Å². The minimum absolute atomic E-state index is 0.0591. The van der Waals surface area contributed by atoms with Crippen LogP contribution in [0, 0.1) is 11.7 Å². The molecule has 2 amide bonds. The fourth-order valence-corrected chi connectivity index (χ4v) is 5.34. The number of nitrogens with zero attached hydrogens (tertiary/aromatic N) is 5. The van der Waals surface area contributed by atoms with Gasteiger partial charge in [-0.2, -0.15) is 0 Å². The van der Waals surface area contributed by atoms with Crippen LogP contribution >= 0.6 is 0 Å². The SMILES string of the molecule is C[C@H]1CCc2nnc(-c3cccc(NC(=O)c4cc5c(cc4F)CCN(C(=O)[C@@H]4CCOC4)C5)n3)n21. The van der Waals surface area contributed by atoms with Crippen molar-refractivity contribution in [2.75, 3.05) is 25.1 Å². The van der Waals surface area contributed by atoms with E-state index in [1.165, 1.54) is 6.07 Å². The monoisotopic (exact) mass is 490 g/mol. The van der Waals surface area contributed by atoms with Crippen LogP contribution in [-0.2, 0) is 28.9 Å². The van der Waals surface area contributed by atoms with E-state index in [-0.39, 0.29) is 23.4 Å². The number of ether oxygens (including phenoxy) is 1. The largest absolute Gasteiger partial charge is 0.381 e. The van der Waals surface area contributed by atoms with Gasteiger partial charge in [-0.3, -0.25) is 9.59 Å². The molecule has 5 heterocycles. The average Bonchev–Trinajstić information content (AvgIpc) is 3.63. The van der Waals surface area contributed by atoms with Crippen LogP contribution in [0.3, 0.4) is 0 Å². The number of benzene rings is 1. The summed E-state index contributed by atoms with van der Waals surface area (Å²) in [6.45, 7) is 4.06. The van der Waals surface area contributed by atoms with E-state index in [0.29, 0.717) is 50.1 Å². The number of carbonyl (C=O) groups excluding carboxylic acids is 2. The predicted molar refractivity (Wildman–Crippen MR) is 129 cm³/mol. The van der Waals surface area contributed by atoms with Gasteiger partial charge in [-0.05, 0) is 61.6 Å². The van der Waals surface area contributed by atoms with E-state index >= 15 is 0 Å². The zero-order chi connectivity index (χ0) is 24.8. The van der Waals surface area contributed by atoms with Gasteiger partial charge in [-0.1, -0.05) is 6.07 Å². The van der Waals surface area contributed by atoms with Crippen molar-refractivity contribution >= 4 is 17.6 Å². The first kappa shape index (κ1) is 22.8. The summed E-state index contributed by atoms with van der Waals surface area (Å²) in [5.41, 5.74) is 2.13. The second-order valence-electron chi connectivity index (χ2n) is 9.73. The highest BCUT2D eigenvalue weighted by molar-refractivity contribution is 6.04. The quantitative estimate of drug-likeness (QED) is 0.603. The van der Waals surface area contributed by atoms with Gasteiger partial charge >= 0.3 is 0 Å². The van der Waals surface area contributed by atoms with Gasteiger partial charge in [-0.25, -0.2) is 9.37 Å². The van der Waals surface area contributed by atoms with Gasteiger partial charge in [0, 0.05) is 32.2 Å². The summed E-state index contributed by atoms with van der Waals surface area (Å²) in [5, 5.41) is 11.3. The van der Waals surface area contributed by atoms with Crippen LogP contribution in [0.5, 0.6) is 0 Å². The highest BCUT2D eigenvalue weighted by atomic mass is 19.1. The molecule has 3 aliphatic heterocycles. The van der Waals surface area contributed by atoms with E-state index in [1.54, 1.807) is 23.1 Å². The molecule has 0 aliphatic carbocycles. The Labute approximate surface area is 207 Å². The molecule has 36 heavy (non-hydrogen) atoms.